The van der Waals surface area contributed by atoms with Gasteiger partial charge in [0.05, 0.1) is 12.7 Å². The molecule has 2 fully saturated rings. The summed E-state index contributed by atoms with van der Waals surface area (Å²) in [6.07, 6.45) is 8.63. The Balaban J connectivity index is 0.00000264. The predicted octanol–water partition coefficient (Wildman–Crippen LogP) is 3.15. The smallest absolute Gasteiger partial charge is 0.220 e. The quantitative estimate of drug-likeness (QED) is 0.696. The number of rotatable bonds is 7. The molecule has 4 atom stereocenters. The predicted molar refractivity (Wildman–Crippen MR) is 97.0 cm³/mol. The number of carbonyl (C=O) groups excluding carboxylic acids is 1. The van der Waals surface area contributed by atoms with Crippen molar-refractivity contribution in [1.29, 1.82) is 0 Å². The molecule has 23 heavy (non-hydrogen) atoms. The summed E-state index contributed by atoms with van der Waals surface area (Å²) < 4.78 is 5.94. The fourth-order valence-electron chi connectivity index (χ4n) is 3.83. The maximum absolute atomic E-state index is 12.0. The molecule has 1 saturated carbocycles. The average molecular weight is 347 g/mol. The summed E-state index contributed by atoms with van der Waals surface area (Å²) in [5.74, 6) is 1.97. The van der Waals surface area contributed by atoms with Gasteiger partial charge in [-0.1, -0.05) is 26.7 Å². The number of nitrogens with one attached hydrogen (secondary N) is 2. The Labute approximate surface area is 147 Å². The van der Waals surface area contributed by atoms with Gasteiger partial charge in [-0.25, -0.2) is 0 Å². The third-order valence-corrected chi connectivity index (χ3v) is 5.44. The van der Waals surface area contributed by atoms with Gasteiger partial charge in [0.1, 0.15) is 0 Å². The minimum absolute atomic E-state index is 0. The maximum Gasteiger partial charge on any atom is 0.220 e. The third kappa shape index (κ3) is 7.40. The van der Waals surface area contributed by atoms with Gasteiger partial charge in [-0.05, 0) is 56.5 Å². The molecule has 2 N–H and O–H groups in total. The number of hydrogen-bond donors (Lipinski definition) is 2. The van der Waals surface area contributed by atoms with Crippen molar-refractivity contribution in [2.75, 3.05) is 26.2 Å². The molecule has 1 aliphatic heterocycles. The van der Waals surface area contributed by atoms with Crippen molar-refractivity contribution in [2.24, 2.45) is 17.8 Å². The van der Waals surface area contributed by atoms with Crippen LogP contribution in [0.2, 0.25) is 0 Å². The topological polar surface area (TPSA) is 50.4 Å². The number of hydrogen-bond acceptors (Lipinski definition) is 3. The van der Waals surface area contributed by atoms with Gasteiger partial charge in [0.25, 0.3) is 0 Å². The van der Waals surface area contributed by atoms with Gasteiger partial charge in [-0.3, -0.25) is 4.79 Å². The zero-order valence-electron chi connectivity index (χ0n) is 14.8. The second-order valence-electron chi connectivity index (χ2n) is 7.31. The summed E-state index contributed by atoms with van der Waals surface area (Å²) in [6.45, 7) is 7.99. The van der Waals surface area contributed by atoms with Crippen molar-refractivity contribution in [1.82, 2.24) is 10.6 Å². The van der Waals surface area contributed by atoms with Crippen LogP contribution in [0.3, 0.4) is 0 Å². The molecule has 0 bridgehead atoms. The maximum atomic E-state index is 12.0. The Morgan fingerprint density at radius 2 is 2.04 bits per heavy atom. The zero-order valence-corrected chi connectivity index (χ0v) is 15.6. The Morgan fingerprint density at radius 3 is 2.74 bits per heavy atom. The van der Waals surface area contributed by atoms with Crippen LogP contribution in [0.25, 0.3) is 0 Å². The van der Waals surface area contributed by atoms with E-state index in [1.165, 1.54) is 38.5 Å². The molecule has 0 aromatic rings. The number of ether oxygens (including phenoxy) is 1. The molecule has 2 rings (SSSR count). The normalized spacial score (nSPS) is 29.4. The van der Waals surface area contributed by atoms with E-state index < -0.39 is 0 Å². The fraction of sp³-hybridized carbons (Fsp3) is 0.944. The zero-order chi connectivity index (χ0) is 15.8. The van der Waals surface area contributed by atoms with E-state index in [1.54, 1.807) is 0 Å². The highest BCUT2D eigenvalue weighted by molar-refractivity contribution is 5.85. The second-order valence-corrected chi connectivity index (χ2v) is 7.31. The Morgan fingerprint density at radius 1 is 1.26 bits per heavy atom. The lowest BCUT2D eigenvalue weighted by atomic mass is 9.85. The lowest BCUT2D eigenvalue weighted by Crippen LogP contribution is -2.36. The summed E-state index contributed by atoms with van der Waals surface area (Å²) in [5, 5.41) is 6.45. The van der Waals surface area contributed by atoms with E-state index in [0.717, 1.165) is 13.1 Å². The first-order chi connectivity index (χ1) is 10.7. The molecule has 0 aromatic carbocycles. The number of amides is 1. The van der Waals surface area contributed by atoms with Gasteiger partial charge < -0.3 is 15.4 Å². The Bertz CT molecular complexity index is 335. The van der Waals surface area contributed by atoms with Gasteiger partial charge in [-0.2, -0.15) is 0 Å². The molecule has 1 saturated heterocycles. The molecule has 5 heteroatoms. The molecule has 4 unspecified atom stereocenters. The highest BCUT2D eigenvalue weighted by Crippen LogP contribution is 2.26. The molecule has 136 valence electrons. The second kappa shape index (κ2) is 11.3. The largest absolute Gasteiger partial charge is 0.376 e. The van der Waals surface area contributed by atoms with E-state index in [9.17, 15) is 4.79 Å². The van der Waals surface area contributed by atoms with Crippen LogP contribution in [-0.2, 0) is 9.53 Å². The molecule has 4 nitrogen and oxygen atoms in total. The number of piperidine rings is 1. The van der Waals surface area contributed by atoms with E-state index in [1.807, 2.05) is 0 Å². The number of carbonyl (C=O) groups is 1. The summed E-state index contributed by atoms with van der Waals surface area (Å²) >= 11 is 0. The van der Waals surface area contributed by atoms with Crippen LogP contribution in [-0.4, -0.2) is 38.3 Å². The van der Waals surface area contributed by atoms with E-state index in [-0.39, 0.29) is 18.3 Å². The molecular weight excluding hydrogens is 312 g/mol. The van der Waals surface area contributed by atoms with Crippen LogP contribution in [0.15, 0.2) is 0 Å². The average Bonchev–Trinajstić information content (AvgIpc) is 2.54. The SMILES string of the molecule is CC(CC(=O)NCCOC1CCCCC1C)C1CCCNC1.Cl. The van der Waals surface area contributed by atoms with Crippen molar-refractivity contribution >= 4 is 18.3 Å². The van der Waals surface area contributed by atoms with E-state index >= 15 is 0 Å². The molecular formula is C18H35ClN2O2. The van der Waals surface area contributed by atoms with Gasteiger partial charge >= 0.3 is 0 Å². The molecule has 2 aliphatic rings. The van der Waals surface area contributed by atoms with Crippen molar-refractivity contribution in [2.45, 2.75) is 64.9 Å². The van der Waals surface area contributed by atoms with Gasteiger partial charge in [0, 0.05) is 13.0 Å². The molecule has 1 heterocycles. The standard InChI is InChI=1S/C18H34N2O2.ClH/c1-14-6-3-4-8-17(14)22-11-10-20-18(21)12-15(2)16-7-5-9-19-13-16;/h14-17,19H,3-13H2,1-2H3,(H,20,21);1H. The van der Waals surface area contributed by atoms with Gasteiger partial charge in [0.2, 0.25) is 5.91 Å². The first kappa shape index (κ1) is 20.7. The summed E-state index contributed by atoms with van der Waals surface area (Å²) in [4.78, 5) is 12.0. The van der Waals surface area contributed by atoms with Crippen LogP contribution in [0.1, 0.15) is 58.8 Å². The van der Waals surface area contributed by atoms with E-state index in [4.69, 9.17) is 4.74 Å². The van der Waals surface area contributed by atoms with Crippen LogP contribution in [0, 0.1) is 17.8 Å². The Hall–Kier alpha value is -0.320. The molecule has 0 spiro atoms. The first-order valence-corrected chi connectivity index (χ1v) is 9.26. The molecule has 1 amide bonds. The Kier molecular flexibility index (Phi) is 10.2. The minimum atomic E-state index is 0. The van der Waals surface area contributed by atoms with Crippen LogP contribution in [0.4, 0.5) is 0 Å². The van der Waals surface area contributed by atoms with Crippen LogP contribution in [0.5, 0.6) is 0 Å². The monoisotopic (exact) mass is 346 g/mol. The summed E-state index contributed by atoms with van der Waals surface area (Å²) in [5.41, 5.74) is 0. The van der Waals surface area contributed by atoms with Gasteiger partial charge in [0.15, 0.2) is 0 Å². The first-order valence-electron chi connectivity index (χ1n) is 9.26. The summed E-state index contributed by atoms with van der Waals surface area (Å²) in [7, 11) is 0. The summed E-state index contributed by atoms with van der Waals surface area (Å²) in [6, 6.07) is 0. The van der Waals surface area contributed by atoms with Crippen molar-refractivity contribution in [3.05, 3.63) is 0 Å². The highest BCUT2D eigenvalue weighted by Gasteiger charge is 2.23. The minimum Gasteiger partial charge on any atom is -0.376 e. The van der Waals surface area contributed by atoms with Crippen molar-refractivity contribution in [3.63, 3.8) is 0 Å². The van der Waals surface area contributed by atoms with E-state index in [0.29, 0.717) is 43.4 Å². The molecule has 0 aromatic heterocycles. The lowest BCUT2D eigenvalue weighted by Gasteiger charge is -2.29. The van der Waals surface area contributed by atoms with Gasteiger partial charge in [-0.15, -0.1) is 12.4 Å². The highest BCUT2D eigenvalue weighted by atomic mass is 35.5. The van der Waals surface area contributed by atoms with Crippen LogP contribution >= 0.6 is 12.4 Å². The lowest BCUT2D eigenvalue weighted by molar-refractivity contribution is -0.122. The number of halogens is 1. The fourth-order valence-corrected chi connectivity index (χ4v) is 3.83. The van der Waals surface area contributed by atoms with Crippen LogP contribution < -0.4 is 10.6 Å². The van der Waals surface area contributed by atoms with E-state index in [2.05, 4.69) is 24.5 Å². The third-order valence-electron chi connectivity index (χ3n) is 5.44. The molecule has 1 aliphatic carbocycles. The van der Waals surface area contributed by atoms with Crippen molar-refractivity contribution < 1.29 is 9.53 Å². The molecule has 0 radical (unpaired) electrons. The van der Waals surface area contributed by atoms with Crippen molar-refractivity contribution in [3.8, 4) is 0 Å².